The van der Waals surface area contributed by atoms with Gasteiger partial charge in [0.1, 0.15) is 0 Å². The van der Waals surface area contributed by atoms with E-state index in [4.69, 9.17) is 0 Å². The predicted molar refractivity (Wildman–Crippen MR) is 103 cm³/mol. The van der Waals surface area contributed by atoms with Gasteiger partial charge in [-0.3, -0.25) is 0 Å². The minimum atomic E-state index is 1.39. The van der Waals surface area contributed by atoms with Gasteiger partial charge in [0.2, 0.25) is 0 Å². The molecule has 4 rings (SSSR count). The molecule has 0 amide bonds. The largest absolute Gasteiger partial charge is 0.0508 e. The molecule has 0 spiro atoms. The van der Waals surface area contributed by atoms with Crippen molar-refractivity contribution in [2.75, 3.05) is 0 Å². The Labute approximate surface area is 138 Å². The van der Waals surface area contributed by atoms with E-state index in [1.165, 1.54) is 71.3 Å². The van der Waals surface area contributed by atoms with Crippen LogP contribution in [0.15, 0.2) is 18.2 Å². The highest BCUT2D eigenvalue weighted by atomic mass is 14.2. The van der Waals surface area contributed by atoms with Gasteiger partial charge in [0, 0.05) is 0 Å². The molecule has 0 saturated carbocycles. The Hall–Kier alpha value is -2.08. The minimum absolute atomic E-state index is 1.39. The maximum atomic E-state index is 2.41. The van der Waals surface area contributed by atoms with E-state index in [-0.39, 0.29) is 0 Å². The van der Waals surface area contributed by atoms with Crippen molar-refractivity contribution in [3.63, 3.8) is 0 Å². The number of benzene rings is 4. The first-order valence-electron chi connectivity index (χ1n) is 8.48. The summed E-state index contributed by atoms with van der Waals surface area (Å²) in [5, 5.41) is 8.69. The first kappa shape index (κ1) is 14.5. The molecule has 0 radical (unpaired) electrons. The van der Waals surface area contributed by atoms with E-state index in [2.05, 4.69) is 66.7 Å². The average molecular weight is 300 g/mol. The van der Waals surface area contributed by atoms with Gasteiger partial charge >= 0.3 is 0 Å². The Bertz CT molecular complexity index is 1110. The van der Waals surface area contributed by atoms with E-state index in [1.807, 2.05) is 0 Å². The van der Waals surface area contributed by atoms with E-state index in [9.17, 15) is 0 Å². The Morgan fingerprint density at radius 2 is 0.957 bits per heavy atom. The highest BCUT2D eigenvalue weighted by Gasteiger charge is 2.18. The summed E-state index contributed by atoms with van der Waals surface area (Å²) in [5.41, 5.74) is 9.92. The van der Waals surface area contributed by atoms with Crippen molar-refractivity contribution in [3.05, 3.63) is 57.1 Å². The monoisotopic (exact) mass is 300 g/mol. The van der Waals surface area contributed by atoms with E-state index < -0.39 is 0 Å². The van der Waals surface area contributed by atoms with Crippen LogP contribution in [-0.4, -0.2) is 0 Å². The van der Waals surface area contributed by atoms with Gasteiger partial charge in [-0.25, -0.2) is 0 Å². The molecule has 0 aliphatic heterocycles. The van der Waals surface area contributed by atoms with Crippen molar-refractivity contribution in [1.29, 1.82) is 0 Å². The average Bonchev–Trinajstić information content (AvgIpc) is 2.51. The molecule has 0 unspecified atom stereocenters. The van der Waals surface area contributed by atoms with Crippen molar-refractivity contribution < 1.29 is 0 Å². The van der Waals surface area contributed by atoms with Gasteiger partial charge in [-0.2, -0.15) is 0 Å². The SMILES string of the molecule is Cc1cc2c(C)cc3c(C)c(C)c(C)c4c(C)cc(c1C)c2c34. The summed E-state index contributed by atoms with van der Waals surface area (Å²) in [4.78, 5) is 0. The van der Waals surface area contributed by atoms with Gasteiger partial charge < -0.3 is 0 Å². The molecular weight excluding hydrogens is 276 g/mol. The number of aryl methyl sites for hydroxylation is 6. The Kier molecular flexibility index (Phi) is 2.82. The van der Waals surface area contributed by atoms with Gasteiger partial charge in [-0.1, -0.05) is 18.2 Å². The first-order chi connectivity index (χ1) is 10.8. The summed E-state index contributed by atoms with van der Waals surface area (Å²) in [5.74, 6) is 0. The maximum Gasteiger partial charge on any atom is -0.00183 e. The van der Waals surface area contributed by atoms with Crippen molar-refractivity contribution in [1.82, 2.24) is 0 Å². The molecule has 116 valence electrons. The molecule has 0 aliphatic carbocycles. The molecule has 0 fully saturated rings. The molecule has 0 nitrogen and oxygen atoms in total. The molecule has 0 atom stereocenters. The van der Waals surface area contributed by atoms with Crippen LogP contribution < -0.4 is 0 Å². The highest BCUT2D eigenvalue weighted by Crippen LogP contribution is 2.43. The number of hydrogen-bond donors (Lipinski definition) is 0. The fraction of sp³-hybridized carbons (Fsp3) is 0.304. The summed E-state index contributed by atoms with van der Waals surface area (Å²) in [7, 11) is 0. The van der Waals surface area contributed by atoms with Crippen LogP contribution in [-0.2, 0) is 0 Å². The van der Waals surface area contributed by atoms with Gasteiger partial charge in [-0.05, 0) is 120 Å². The van der Waals surface area contributed by atoms with Crippen LogP contribution in [0.25, 0.3) is 32.3 Å². The predicted octanol–water partition coefficient (Wildman–Crippen LogP) is 6.74. The van der Waals surface area contributed by atoms with E-state index in [0.717, 1.165) is 0 Å². The van der Waals surface area contributed by atoms with Gasteiger partial charge in [-0.15, -0.1) is 0 Å². The van der Waals surface area contributed by atoms with Crippen LogP contribution in [0.3, 0.4) is 0 Å². The second-order valence-corrected chi connectivity index (χ2v) is 7.35. The third-order valence-electron chi connectivity index (χ3n) is 6.11. The normalized spacial score (nSPS) is 12.1. The molecule has 0 aromatic heterocycles. The summed E-state index contributed by atoms with van der Waals surface area (Å²) >= 11 is 0. The summed E-state index contributed by atoms with van der Waals surface area (Å²) < 4.78 is 0. The van der Waals surface area contributed by atoms with E-state index >= 15 is 0 Å². The smallest absolute Gasteiger partial charge is 0.00183 e. The molecule has 0 saturated heterocycles. The van der Waals surface area contributed by atoms with Gasteiger partial charge in [0.05, 0.1) is 0 Å². The molecule has 4 aromatic rings. The standard InChI is InChI=1S/C23H24/c1-11-8-18-12(2)9-20-16(6)15(5)17(7)21-13(3)10-19(14(11)4)22(18)23(20)21/h8-10H,1-7H3. The lowest BCUT2D eigenvalue weighted by atomic mass is 9.82. The van der Waals surface area contributed by atoms with Crippen LogP contribution in [0.4, 0.5) is 0 Å². The van der Waals surface area contributed by atoms with Crippen molar-refractivity contribution >= 4 is 32.3 Å². The quantitative estimate of drug-likeness (QED) is 0.315. The third-order valence-corrected chi connectivity index (χ3v) is 6.11. The lowest BCUT2D eigenvalue weighted by Crippen LogP contribution is -1.98. The van der Waals surface area contributed by atoms with Crippen molar-refractivity contribution in [2.45, 2.75) is 48.5 Å². The molecule has 0 aliphatic rings. The Morgan fingerprint density at radius 1 is 0.391 bits per heavy atom. The van der Waals surface area contributed by atoms with Crippen LogP contribution in [0.2, 0.25) is 0 Å². The molecular formula is C23H24. The lowest BCUT2D eigenvalue weighted by Gasteiger charge is -2.22. The summed E-state index contributed by atoms with van der Waals surface area (Å²) in [6, 6.07) is 7.19. The highest BCUT2D eigenvalue weighted by molar-refractivity contribution is 6.26. The van der Waals surface area contributed by atoms with E-state index in [0.29, 0.717) is 0 Å². The number of rotatable bonds is 0. The Balaban J connectivity index is 2.51. The van der Waals surface area contributed by atoms with Crippen LogP contribution >= 0.6 is 0 Å². The van der Waals surface area contributed by atoms with Crippen LogP contribution in [0.1, 0.15) is 38.9 Å². The van der Waals surface area contributed by atoms with Gasteiger partial charge in [0.25, 0.3) is 0 Å². The molecule has 23 heavy (non-hydrogen) atoms. The van der Waals surface area contributed by atoms with Crippen LogP contribution in [0.5, 0.6) is 0 Å². The van der Waals surface area contributed by atoms with Gasteiger partial charge in [0.15, 0.2) is 0 Å². The zero-order valence-electron chi connectivity index (χ0n) is 15.2. The third kappa shape index (κ3) is 1.67. The van der Waals surface area contributed by atoms with Crippen molar-refractivity contribution in [2.24, 2.45) is 0 Å². The number of hydrogen-bond acceptors (Lipinski definition) is 0. The molecule has 4 aromatic carbocycles. The summed E-state index contributed by atoms with van der Waals surface area (Å²) in [6.07, 6.45) is 0. The van der Waals surface area contributed by atoms with Crippen molar-refractivity contribution in [3.8, 4) is 0 Å². The maximum absolute atomic E-state index is 2.41. The van der Waals surface area contributed by atoms with E-state index in [1.54, 1.807) is 0 Å². The summed E-state index contributed by atoms with van der Waals surface area (Å²) in [6.45, 7) is 15.9. The molecule has 0 heteroatoms. The molecule has 0 N–H and O–H groups in total. The minimum Gasteiger partial charge on any atom is -0.0508 e. The topological polar surface area (TPSA) is 0 Å². The fourth-order valence-electron chi connectivity index (χ4n) is 4.40. The lowest BCUT2D eigenvalue weighted by molar-refractivity contribution is 1.30. The second-order valence-electron chi connectivity index (χ2n) is 7.35. The zero-order chi connectivity index (χ0) is 16.6. The zero-order valence-corrected chi connectivity index (χ0v) is 15.2. The van der Waals surface area contributed by atoms with Crippen LogP contribution in [0, 0.1) is 48.5 Å². The first-order valence-corrected chi connectivity index (χ1v) is 8.48. The Morgan fingerprint density at radius 3 is 1.65 bits per heavy atom. The molecule has 0 bridgehead atoms. The molecule has 0 heterocycles. The fourth-order valence-corrected chi connectivity index (χ4v) is 4.40. The second kappa shape index (κ2) is 4.47.